The van der Waals surface area contributed by atoms with Crippen molar-refractivity contribution < 1.29 is 25.6 Å². The number of hydrogen-bond donors (Lipinski definition) is 1. The second-order valence-corrected chi connectivity index (χ2v) is 9.77. The van der Waals surface area contributed by atoms with Crippen LogP contribution in [0.3, 0.4) is 0 Å². The summed E-state index contributed by atoms with van der Waals surface area (Å²) in [6, 6.07) is 8.60. The second kappa shape index (κ2) is 6.82. The lowest BCUT2D eigenvalue weighted by molar-refractivity contribution is 0.480. The van der Waals surface area contributed by atoms with Crippen LogP contribution >= 0.6 is 45.2 Å². The molecule has 0 bridgehead atoms. The van der Waals surface area contributed by atoms with Crippen molar-refractivity contribution >= 4 is 65.4 Å². The van der Waals surface area contributed by atoms with Crippen LogP contribution in [0.2, 0.25) is 0 Å². The largest absolute Gasteiger partial charge is 0.379 e. The molecule has 1 N–H and O–H groups in total. The molecule has 0 atom stereocenters. The van der Waals surface area contributed by atoms with Gasteiger partial charge in [0.1, 0.15) is 15.5 Å². The highest BCUT2D eigenvalue weighted by Gasteiger charge is 2.22. The van der Waals surface area contributed by atoms with Crippen molar-refractivity contribution in [2.24, 2.45) is 0 Å². The molecule has 0 aromatic heterocycles. The topological polar surface area (TPSA) is 97.7 Å². The zero-order valence-electron chi connectivity index (χ0n) is 11.5. The van der Waals surface area contributed by atoms with E-state index in [1.807, 2.05) is 6.92 Å². The minimum atomic E-state index is -4.40. The molecule has 0 fully saturated rings. The van der Waals surface area contributed by atoms with Crippen LogP contribution in [0.5, 0.6) is 5.75 Å². The van der Waals surface area contributed by atoms with E-state index in [1.54, 1.807) is 57.3 Å². The van der Waals surface area contributed by atoms with Crippen molar-refractivity contribution in [2.45, 2.75) is 16.7 Å². The minimum Gasteiger partial charge on any atom is -0.379 e. The molecule has 0 aliphatic rings. The summed E-state index contributed by atoms with van der Waals surface area (Å²) < 4.78 is 61.6. The van der Waals surface area contributed by atoms with Crippen molar-refractivity contribution in [3.8, 4) is 5.75 Å². The average molecular weight is 580 g/mol. The summed E-state index contributed by atoms with van der Waals surface area (Å²) in [6.45, 7) is 1.83. The Balaban J connectivity index is 2.43. The molecule has 0 unspecified atom stereocenters. The van der Waals surface area contributed by atoms with E-state index in [2.05, 4.69) is 0 Å². The van der Waals surface area contributed by atoms with Gasteiger partial charge in [0, 0.05) is 7.14 Å². The molecule has 0 saturated heterocycles. The monoisotopic (exact) mass is 580 g/mol. The fraction of sp³-hybridized carbons (Fsp3) is 0.0769. The molecule has 0 radical (unpaired) electrons. The zero-order valence-corrected chi connectivity index (χ0v) is 17.5. The third kappa shape index (κ3) is 4.55. The number of benzene rings is 2. The van der Waals surface area contributed by atoms with Crippen molar-refractivity contribution in [1.82, 2.24) is 0 Å². The maximum atomic E-state index is 12.2. The standard InChI is InChI=1S/C13H10I2O6S2/c1-8-2-4-10(5-3-8)23(19,20)21-9-6-11(14)13(12(15)7-9)22(16,17)18/h2-7H,1H3,(H,16,17,18). The molecule has 23 heavy (non-hydrogen) atoms. The first-order chi connectivity index (χ1) is 10.5. The molecule has 124 valence electrons. The molecule has 0 amide bonds. The van der Waals surface area contributed by atoms with Crippen LogP contribution in [0.1, 0.15) is 5.56 Å². The lowest BCUT2D eigenvalue weighted by Crippen LogP contribution is -2.11. The van der Waals surface area contributed by atoms with Gasteiger partial charge in [-0.3, -0.25) is 4.55 Å². The number of aryl methyl sites for hydroxylation is 1. The average Bonchev–Trinajstić information content (AvgIpc) is 2.35. The van der Waals surface area contributed by atoms with Gasteiger partial charge in [0.05, 0.1) is 0 Å². The summed E-state index contributed by atoms with van der Waals surface area (Å²) >= 11 is 3.38. The van der Waals surface area contributed by atoms with Gasteiger partial charge in [0.25, 0.3) is 10.1 Å². The fourth-order valence-electron chi connectivity index (χ4n) is 1.71. The summed E-state index contributed by atoms with van der Waals surface area (Å²) in [5, 5.41) is 0. The molecule has 0 aliphatic carbocycles. The van der Waals surface area contributed by atoms with E-state index in [9.17, 15) is 21.4 Å². The highest BCUT2D eigenvalue weighted by Crippen LogP contribution is 2.30. The molecule has 2 aromatic rings. The van der Waals surface area contributed by atoms with Gasteiger partial charge in [-0.2, -0.15) is 16.8 Å². The SMILES string of the molecule is Cc1ccc(S(=O)(=O)Oc2cc(I)c(S(=O)(=O)O)c(I)c2)cc1. The van der Waals surface area contributed by atoms with E-state index in [0.29, 0.717) is 0 Å². The lowest BCUT2D eigenvalue weighted by atomic mass is 10.2. The highest BCUT2D eigenvalue weighted by molar-refractivity contribution is 14.1. The third-order valence-electron chi connectivity index (χ3n) is 2.75. The van der Waals surface area contributed by atoms with Gasteiger partial charge in [-0.05, 0) is 76.4 Å². The first kappa shape index (κ1) is 18.9. The van der Waals surface area contributed by atoms with Crippen molar-refractivity contribution in [3.05, 3.63) is 49.1 Å². The number of hydrogen-bond acceptors (Lipinski definition) is 5. The first-order valence-corrected chi connectivity index (χ1v) is 11.0. The minimum absolute atomic E-state index is 0.00743. The zero-order chi connectivity index (χ0) is 17.4. The normalized spacial score (nSPS) is 12.2. The maximum Gasteiger partial charge on any atom is 0.339 e. The molecule has 0 spiro atoms. The van der Waals surface area contributed by atoms with Crippen LogP contribution in [-0.2, 0) is 20.2 Å². The van der Waals surface area contributed by atoms with Crippen molar-refractivity contribution in [1.29, 1.82) is 0 Å². The van der Waals surface area contributed by atoms with Crippen LogP contribution < -0.4 is 4.18 Å². The van der Waals surface area contributed by atoms with E-state index in [1.165, 1.54) is 24.3 Å². The Morgan fingerprint density at radius 1 is 0.957 bits per heavy atom. The van der Waals surface area contributed by atoms with Crippen LogP contribution in [0, 0.1) is 14.1 Å². The van der Waals surface area contributed by atoms with Crippen LogP contribution in [0.15, 0.2) is 46.2 Å². The van der Waals surface area contributed by atoms with Crippen LogP contribution in [0.4, 0.5) is 0 Å². The van der Waals surface area contributed by atoms with E-state index >= 15 is 0 Å². The summed E-state index contributed by atoms with van der Waals surface area (Å²) in [5.74, 6) is -0.0354. The molecule has 6 nitrogen and oxygen atoms in total. The smallest absolute Gasteiger partial charge is 0.339 e. The summed E-state index contributed by atoms with van der Waals surface area (Å²) in [7, 11) is -8.43. The van der Waals surface area contributed by atoms with Crippen LogP contribution in [0.25, 0.3) is 0 Å². The van der Waals surface area contributed by atoms with E-state index < -0.39 is 20.2 Å². The third-order valence-corrected chi connectivity index (χ3v) is 7.40. The van der Waals surface area contributed by atoms with Crippen LogP contribution in [-0.4, -0.2) is 21.4 Å². The van der Waals surface area contributed by atoms with E-state index in [4.69, 9.17) is 4.18 Å². The molecular formula is C13H10I2O6S2. The maximum absolute atomic E-state index is 12.2. The van der Waals surface area contributed by atoms with Crippen molar-refractivity contribution in [3.63, 3.8) is 0 Å². The molecule has 0 saturated carbocycles. The Hall–Kier alpha value is -0.440. The number of rotatable bonds is 4. The predicted octanol–water partition coefficient (Wildman–Crippen LogP) is 3.22. The van der Waals surface area contributed by atoms with Gasteiger partial charge in [-0.25, -0.2) is 0 Å². The van der Waals surface area contributed by atoms with Gasteiger partial charge in [-0.15, -0.1) is 0 Å². The summed E-state index contributed by atoms with van der Waals surface area (Å²) in [6.07, 6.45) is 0. The van der Waals surface area contributed by atoms with Gasteiger partial charge in [0.2, 0.25) is 0 Å². The summed E-state index contributed by atoms with van der Waals surface area (Å²) in [4.78, 5) is -0.286. The Morgan fingerprint density at radius 2 is 1.43 bits per heavy atom. The molecule has 2 rings (SSSR count). The van der Waals surface area contributed by atoms with Crippen molar-refractivity contribution in [2.75, 3.05) is 0 Å². The Labute approximate surface area is 161 Å². The summed E-state index contributed by atoms with van der Waals surface area (Å²) in [5.41, 5.74) is 0.908. The van der Waals surface area contributed by atoms with E-state index in [0.717, 1.165) is 5.56 Å². The fourth-order valence-corrected chi connectivity index (χ4v) is 6.62. The highest BCUT2D eigenvalue weighted by atomic mass is 127. The molecule has 2 aromatic carbocycles. The lowest BCUT2D eigenvalue weighted by Gasteiger charge is -2.10. The molecule has 10 heteroatoms. The Kier molecular flexibility index (Phi) is 5.60. The van der Waals surface area contributed by atoms with Gasteiger partial charge in [-0.1, -0.05) is 17.7 Å². The van der Waals surface area contributed by atoms with Gasteiger partial charge in [0.15, 0.2) is 0 Å². The van der Waals surface area contributed by atoms with E-state index in [-0.39, 0.29) is 22.7 Å². The molecular weight excluding hydrogens is 570 g/mol. The first-order valence-electron chi connectivity index (χ1n) is 5.98. The number of halogens is 2. The van der Waals surface area contributed by atoms with Gasteiger partial charge >= 0.3 is 10.1 Å². The second-order valence-electron chi connectivity index (χ2n) is 4.54. The molecule has 0 heterocycles. The Bertz CT molecular complexity index is 927. The predicted molar refractivity (Wildman–Crippen MR) is 101 cm³/mol. The quantitative estimate of drug-likeness (QED) is 0.339. The van der Waals surface area contributed by atoms with Gasteiger partial charge < -0.3 is 4.18 Å². The Morgan fingerprint density at radius 3 is 1.87 bits per heavy atom. The molecule has 0 aliphatic heterocycles.